The fourth-order valence-electron chi connectivity index (χ4n) is 4.45. The quantitative estimate of drug-likeness (QED) is 0.457. The predicted molar refractivity (Wildman–Crippen MR) is 111 cm³/mol. The van der Waals surface area contributed by atoms with E-state index in [1.54, 1.807) is 0 Å². The number of fused-ring (bicyclic) bond motifs is 2. The maximum absolute atomic E-state index is 6.08. The second-order valence-electron chi connectivity index (χ2n) is 7.72. The van der Waals surface area contributed by atoms with Crippen molar-refractivity contribution in [1.29, 1.82) is 0 Å². The van der Waals surface area contributed by atoms with Crippen LogP contribution in [0.1, 0.15) is 43.0 Å². The van der Waals surface area contributed by atoms with Crippen LogP contribution >= 0.6 is 11.6 Å². The number of aromatic amines is 1. The Hall–Kier alpha value is -2.39. The third-order valence-electron chi connectivity index (χ3n) is 5.92. The molecule has 0 spiro atoms. The molecule has 0 bridgehead atoms. The van der Waals surface area contributed by atoms with E-state index in [1.807, 2.05) is 30.5 Å². The van der Waals surface area contributed by atoms with Gasteiger partial charge in [0.2, 0.25) is 0 Å². The maximum Gasteiger partial charge on any atom is 0.107 e. The summed E-state index contributed by atoms with van der Waals surface area (Å²) in [5.74, 6) is 2.47. The normalized spacial score (nSPS) is 20.3. The number of nitrogens with zero attached hydrogens (tertiary/aromatic N) is 2. The van der Waals surface area contributed by atoms with Gasteiger partial charge in [0, 0.05) is 23.0 Å². The van der Waals surface area contributed by atoms with Crippen LogP contribution in [-0.4, -0.2) is 15.0 Å². The fraction of sp³-hybridized carbons (Fsp3) is 0.304. The van der Waals surface area contributed by atoms with Crippen molar-refractivity contribution in [3.8, 4) is 0 Å². The van der Waals surface area contributed by atoms with Gasteiger partial charge < -0.3 is 4.98 Å². The van der Waals surface area contributed by atoms with Crippen molar-refractivity contribution in [2.24, 2.45) is 5.92 Å². The number of benzene rings is 2. The van der Waals surface area contributed by atoms with Crippen LogP contribution in [0.3, 0.4) is 0 Å². The molecule has 2 aromatic heterocycles. The predicted octanol–water partition coefficient (Wildman–Crippen LogP) is 6.28. The summed E-state index contributed by atoms with van der Waals surface area (Å²) in [4.78, 5) is 12.6. The Bertz CT molecular complexity index is 1090. The highest BCUT2D eigenvalue weighted by Gasteiger charge is 2.23. The molecule has 0 saturated heterocycles. The molecule has 2 aromatic carbocycles. The minimum absolute atomic E-state index is 0.667. The minimum atomic E-state index is 0.667. The van der Waals surface area contributed by atoms with Gasteiger partial charge in [0.05, 0.1) is 16.6 Å². The van der Waals surface area contributed by atoms with E-state index in [0.717, 1.165) is 33.8 Å². The standard InChI is InChI=1S/C23H22ClN3/c24-19-8-10-21-22(14-19)27-23(26-21)12-15-3-5-16(6-4-15)17-7-9-20-18(13-17)2-1-11-25-20/h1-2,7-11,13-16H,3-6,12H2,(H,26,27). The molecule has 0 unspecified atom stereocenters. The molecular weight excluding hydrogens is 354 g/mol. The minimum Gasteiger partial charge on any atom is -0.342 e. The van der Waals surface area contributed by atoms with Crippen LogP contribution in [0.2, 0.25) is 5.02 Å². The van der Waals surface area contributed by atoms with E-state index in [1.165, 1.54) is 36.6 Å². The van der Waals surface area contributed by atoms with E-state index < -0.39 is 0 Å². The summed E-state index contributed by atoms with van der Waals surface area (Å²) in [6.07, 6.45) is 7.91. The number of halogens is 1. The van der Waals surface area contributed by atoms with Crippen molar-refractivity contribution in [2.45, 2.75) is 38.0 Å². The summed E-state index contributed by atoms with van der Waals surface area (Å²) >= 11 is 6.08. The Balaban J connectivity index is 1.26. The first kappa shape index (κ1) is 16.8. The number of hydrogen-bond acceptors (Lipinski definition) is 2. The average Bonchev–Trinajstić information content (AvgIpc) is 3.09. The Morgan fingerprint density at radius 1 is 0.963 bits per heavy atom. The SMILES string of the molecule is Clc1ccc2nc(CC3CCC(c4ccc5ncccc5c4)CC3)[nH]c2c1. The van der Waals surface area contributed by atoms with Crippen molar-refractivity contribution in [1.82, 2.24) is 15.0 Å². The van der Waals surface area contributed by atoms with Gasteiger partial charge in [-0.1, -0.05) is 23.7 Å². The van der Waals surface area contributed by atoms with E-state index in [4.69, 9.17) is 16.6 Å². The lowest BCUT2D eigenvalue weighted by molar-refractivity contribution is 0.321. The Kier molecular flexibility index (Phi) is 4.33. The van der Waals surface area contributed by atoms with Crippen molar-refractivity contribution in [3.63, 3.8) is 0 Å². The summed E-state index contributed by atoms with van der Waals surface area (Å²) in [5.41, 5.74) is 4.59. The van der Waals surface area contributed by atoms with Crippen molar-refractivity contribution >= 4 is 33.5 Å². The molecule has 3 nitrogen and oxygen atoms in total. The van der Waals surface area contributed by atoms with Crippen LogP contribution in [0.4, 0.5) is 0 Å². The molecule has 0 amide bonds. The van der Waals surface area contributed by atoms with Gasteiger partial charge in [-0.05, 0) is 79.5 Å². The molecule has 2 heterocycles. The van der Waals surface area contributed by atoms with Gasteiger partial charge >= 0.3 is 0 Å². The van der Waals surface area contributed by atoms with Crippen LogP contribution in [-0.2, 0) is 6.42 Å². The summed E-state index contributed by atoms with van der Waals surface area (Å²) in [6, 6.07) is 16.8. The third-order valence-corrected chi connectivity index (χ3v) is 6.16. The second-order valence-corrected chi connectivity index (χ2v) is 8.16. The molecule has 4 heteroatoms. The highest BCUT2D eigenvalue weighted by Crippen LogP contribution is 2.37. The lowest BCUT2D eigenvalue weighted by Gasteiger charge is -2.28. The van der Waals surface area contributed by atoms with Crippen LogP contribution in [0.5, 0.6) is 0 Å². The zero-order valence-corrected chi connectivity index (χ0v) is 15.9. The number of pyridine rings is 1. The summed E-state index contributed by atoms with van der Waals surface area (Å²) in [6.45, 7) is 0. The van der Waals surface area contributed by atoms with Crippen LogP contribution in [0.15, 0.2) is 54.7 Å². The zero-order chi connectivity index (χ0) is 18.2. The first-order valence-electron chi connectivity index (χ1n) is 9.73. The molecule has 136 valence electrons. The molecular formula is C23H22ClN3. The largest absolute Gasteiger partial charge is 0.342 e. The van der Waals surface area contributed by atoms with E-state index in [-0.39, 0.29) is 0 Å². The molecule has 1 aliphatic carbocycles. The third kappa shape index (κ3) is 3.44. The number of hydrogen-bond donors (Lipinski definition) is 1. The molecule has 0 aliphatic heterocycles. The number of nitrogens with one attached hydrogen (secondary N) is 1. The monoisotopic (exact) mass is 375 g/mol. The maximum atomic E-state index is 6.08. The number of imidazole rings is 1. The van der Waals surface area contributed by atoms with Crippen LogP contribution in [0, 0.1) is 5.92 Å². The van der Waals surface area contributed by atoms with Gasteiger partial charge in [0.1, 0.15) is 5.82 Å². The highest BCUT2D eigenvalue weighted by molar-refractivity contribution is 6.31. The van der Waals surface area contributed by atoms with Crippen LogP contribution in [0.25, 0.3) is 21.9 Å². The van der Waals surface area contributed by atoms with E-state index >= 15 is 0 Å². The molecule has 1 fully saturated rings. The molecule has 1 aliphatic rings. The molecule has 5 rings (SSSR count). The smallest absolute Gasteiger partial charge is 0.107 e. The van der Waals surface area contributed by atoms with E-state index in [2.05, 4.69) is 34.2 Å². The molecule has 1 saturated carbocycles. The van der Waals surface area contributed by atoms with Crippen LogP contribution < -0.4 is 0 Å². The topological polar surface area (TPSA) is 41.6 Å². The van der Waals surface area contributed by atoms with Crippen molar-refractivity contribution in [2.75, 3.05) is 0 Å². The lowest BCUT2D eigenvalue weighted by Crippen LogP contribution is -2.15. The Morgan fingerprint density at radius 3 is 2.70 bits per heavy atom. The highest BCUT2D eigenvalue weighted by atomic mass is 35.5. The van der Waals surface area contributed by atoms with E-state index in [9.17, 15) is 0 Å². The van der Waals surface area contributed by atoms with Gasteiger partial charge in [-0.2, -0.15) is 0 Å². The number of rotatable bonds is 3. The molecule has 0 radical (unpaired) electrons. The summed E-state index contributed by atoms with van der Waals surface area (Å²) in [5, 5.41) is 2.00. The average molecular weight is 376 g/mol. The number of aromatic nitrogens is 3. The second kappa shape index (κ2) is 6.97. The molecule has 1 N–H and O–H groups in total. The first-order chi connectivity index (χ1) is 13.2. The molecule has 0 atom stereocenters. The zero-order valence-electron chi connectivity index (χ0n) is 15.2. The Morgan fingerprint density at radius 2 is 1.81 bits per heavy atom. The van der Waals surface area contributed by atoms with Gasteiger partial charge in [-0.15, -0.1) is 0 Å². The van der Waals surface area contributed by atoms with Crippen molar-refractivity contribution in [3.05, 3.63) is 71.1 Å². The molecule has 27 heavy (non-hydrogen) atoms. The van der Waals surface area contributed by atoms with Gasteiger partial charge in [-0.3, -0.25) is 4.98 Å². The first-order valence-corrected chi connectivity index (χ1v) is 10.1. The summed E-state index contributed by atoms with van der Waals surface area (Å²) < 4.78 is 0. The number of H-pyrrole nitrogens is 1. The molecule has 4 aromatic rings. The van der Waals surface area contributed by atoms with Gasteiger partial charge in [0.25, 0.3) is 0 Å². The Labute approximate surface area is 163 Å². The fourth-order valence-corrected chi connectivity index (χ4v) is 4.62. The lowest BCUT2D eigenvalue weighted by atomic mass is 9.77. The van der Waals surface area contributed by atoms with Gasteiger partial charge in [0.15, 0.2) is 0 Å². The summed E-state index contributed by atoms with van der Waals surface area (Å²) in [7, 11) is 0. The van der Waals surface area contributed by atoms with Crippen molar-refractivity contribution < 1.29 is 0 Å². The van der Waals surface area contributed by atoms with Gasteiger partial charge in [-0.25, -0.2) is 4.98 Å². The van der Waals surface area contributed by atoms with E-state index in [0.29, 0.717) is 11.8 Å².